The van der Waals surface area contributed by atoms with Crippen LogP contribution in [0.4, 0.5) is 18.0 Å². The molecule has 1 aromatic carbocycles. The maximum atomic E-state index is 13.0. The van der Waals surface area contributed by atoms with E-state index in [2.05, 4.69) is 10.1 Å². The number of halogens is 4. The number of methoxy groups -OCH3 is 1. The lowest BCUT2D eigenvalue weighted by atomic mass is 10.1. The summed E-state index contributed by atoms with van der Waals surface area (Å²) < 4.78 is 43.4. The summed E-state index contributed by atoms with van der Waals surface area (Å²) in [6.07, 6.45) is -5.73. The van der Waals surface area contributed by atoms with Gasteiger partial charge in [0, 0.05) is 18.0 Å². The SMILES string of the molecule is COC(=O)NCCC(=O)N[C@H](c1ccc(Cl)cc1)C(F)(F)F. The Kier molecular flexibility index (Phi) is 6.48. The van der Waals surface area contributed by atoms with E-state index in [1.54, 1.807) is 0 Å². The third-order valence-electron chi connectivity index (χ3n) is 2.64. The second kappa shape index (κ2) is 7.88. The van der Waals surface area contributed by atoms with Crippen molar-refractivity contribution >= 4 is 23.6 Å². The van der Waals surface area contributed by atoms with E-state index >= 15 is 0 Å². The predicted molar refractivity (Wildman–Crippen MR) is 73.4 cm³/mol. The molecular formula is C13H14ClF3N2O3. The molecule has 2 amide bonds. The van der Waals surface area contributed by atoms with E-state index in [9.17, 15) is 22.8 Å². The van der Waals surface area contributed by atoms with Crippen molar-refractivity contribution in [3.8, 4) is 0 Å². The van der Waals surface area contributed by atoms with Gasteiger partial charge in [0.05, 0.1) is 7.11 Å². The molecule has 0 fully saturated rings. The van der Waals surface area contributed by atoms with Crippen molar-refractivity contribution in [1.29, 1.82) is 0 Å². The summed E-state index contributed by atoms with van der Waals surface area (Å²) in [4.78, 5) is 22.4. The molecule has 9 heteroatoms. The molecule has 0 spiro atoms. The van der Waals surface area contributed by atoms with E-state index in [1.807, 2.05) is 5.32 Å². The second-order valence-corrected chi connectivity index (χ2v) is 4.70. The van der Waals surface area contributed by atoms with Crippen LogP contribution in [0.2, 0.25) is 5.02 Å². The van der Waals surface area contributed by atoms with Gasteiger partial charge in [-0.25, -0.2) is 4.79 Å². The van der Waals surface area contributed by atoms with Crippen LogP contribution in [-0.4, -0.2) is 31.8 Å². The number of amides is 2. The van der Waals surface area contributed by atoms with Gasteiger partial charge in [0.15, 0.2) is 6.04 Å². The largest absolute Gasteiger partial charge is 0.453 e. The van der Waals surface area contributed by atoms with E-state index in [4.69, 9.17) is 11.6 Å². The molecule has 1 atom stereocenters. The summed E-state index contributed by atoms with van der Waals surface area (Å²) in [5, 5.41) is 4.38. The molecule has 2 N–H and O–H groups in total. The van der Waals surface area contributed by atoms with Crippen molar-refractivity contribution in [2.75, 3.05) is 13.7 Å². The molecule has 0 aliphatic rings. The molecule has 0 bridgehead atoms. The van der Waals surface area contributed by atoms with Crippen molar-refractivity contribution in [3.05, 3.63) is 34.9 Å². The summed E-state index contributed by atoms with van der Waals surface area (Å²) in [6, 6.07) is 2.85. The van der Waals surface area contributed by atoms with Crippen LogP contribution in [0.15, 0.2) is 24.3 Å². The summed E-state index contributed by atoms with van der Waals surface area (Å²) in [7, 11) is 1.13. The third kappa shape index (κ3) is 5.80. The minimum absolute atomic E-state index is 0.133. The maximum Gasteiger partial charge on any atom is 0.412 e. The average Bonchev–Trinajstić information content (AvgIpc) is 2.44. The van der Waals surface area contributed by atoms with Crippen LogP contribution in [0.25, 0.3) is 0 Å². The van der Waals surface area contributed by atoms with E-state index in [1.165, 1.54) is 24.3 Å². The van der Waals surface area contributed by atoms with Crippen molar-refractivity contribution in [1.82, 2.24) is 10.6 Å². The van der Waals surface area contributed by atoms with Crippen LogP contribution < -0.4 is 10.6 Å². The summed E-state index contributed by atoms with van der Waals surface area (Å²) in [6.45, 7) is -0.135. The van der Waals surface area contributed by atoms with E-state index in [-0.39, 0.29) is 18.5 Å². The van der Waals surface area contributed by atoms with Gasteiger partial charge < -0.3 is 15.4 Å². The normalized spacial score (nSPS) is 12.4. The van der Waals surface area contributed by atoms with Crippen LogP contribution in [0.3, 0.4) is 0 Å². The minimum atomic E-state index is -4.65. The zero-order chi connectivity index (χ0) is 16.8. The lowest BCUT2D eigenvalue weighted by Gasteiger charge is -2.22. The first-order valence-electron chi connectivity index (χ1n) is 6.17. The zero-order valence-electron chi connectivity index (χ0n) is 11.5. The molecule has 0 unspecified atom stereocenters. The van der Waals surface area contributed by atoms with Gasteiger partial charge in [0.25, 0.3) is 0 Å². The smallest absolute Gasteiger partial charge is 0.412 e. The standard InChI is InChI=1S/C13H14ClF3N2O3/c1-22-12(21)18-7-6-10(20)19-11(13(15,16)17)8-2-4-9(14)5-3-8/h2-5,11H,6-7H2,1H3,(H,18,21)(H,19,20)/t11-/m1/s1. The Labute approximate surface area is 129 Å². The van der Waals surface area contributed by atoms with Gasteiger partial charge in [0.1, 0.15) is 0 Å². The molecule has 0 aromatic heterocycles. The van der Waals surface area contributed by atoms with E-state index in [0.29, 0.717) is 5.02 Å². The summed E-state index contributed by atoms with van der Waals surface area (Å²) >= 11 is 5.63. The molecule has 0 aliphatic carbocycles. The Morgan fingerprint density at radius 1 is 1.27 bits per heavy atom. The minimum Gasteiger partial charge on any atom is -0.453 e. The fourth-order valence-corrected chi connectivity index (χ4v) is 1.72. The molecule has 0 heterocycles. The second-order valence-electron chi connectivity index (χ2n) is 4.26. The average molecular weight is 339 g/mol. The number of hydrogen-bond acceptors (Lipinski definition) is 3. The molecule has 22 heavy (non-hydrogen) atoms. The molecule has 0 radical (unpaired) electrons. The van der Waals surface area contributed by atoms with Crippen LogP contribution in [-0.2, 0) is 9.53 Å². The molecule has 1 rings (SSSR count). The van der Waals surface area contributed by atoms with Gasteiger partial charge in [0.2, 0.25) is 5.91 Å². The monoisotopic (exact) mass is 338 g/mol. The Balaban J connectivity index is 2.68. The highest BCUT2D eigenvalue weighted by molar-refractivity contribution is 6.30. The van der Waals surface area contributed by atoms with Gasteiger partial charge in [-0.05, 0) is 17.7 Å². The molecular weight excluding hydrogens is 325 g/mol. The quantitative estimate of drug-likeness (QED) is 0.867. The van der Waals surface area contributed by atoms with Gasteiger partial charge in [-0.15, -0.1) is 0 Å². The lowest BCUT2D eigenvalue weighted by molar-refractivity contribution is -0.163. The third-order valence-corrected chi connectivity index (χ3v) is 2.89. The van der Waals surface area contributed by atoms with Gasteiger partial charge in [-0.3, -0.25) is 4.79 Å². The lowest BCUT2D eigenvalue weighted by Crippen LogP contribution is -2.39. The van der Waals surface area contributed by atoms with Crippen LogP contribution in [0.1, 0.15) is 18.0 Å². The maximum absolute atomic E-state index is 13.0. The number of nitrogens with one attached hydrogen (secondary N) is 2. The Hall–Kier alpha value is -1.96. The molecule has 0 saturated heterocycles. The molecule has 1 aromatic rings. The molecule has 122 valence electrons. The van der Waals surface area contributed by atoms with Crippen LogP contribution in [0.5, 0.6) is 0 Å². The highest BCUT2D eigenvalue weighted by Crippen LogP contribution is 2.33. The summed E-state index contributed by atoms with van der Waals surface area (Å²) in [5.74, 6) is -0.853. The van der Waals surface area contributed by atoms with Gasteiger partial charge in [-0.1, -0.05) is 23.7 Å². The van der Waals surface area contributed by atoms with E-state index < -0.39 is 24.2 Å². The fourth-order valence-electron chi connectivity index (χ4n) is 1.59. The van der Waals surface area contributed by atoms with Crippen molar-refractivity contribution in [2.45, 2.75) is 18.6 Å². The zero-order valence-corrected chi connectivity index (χ0v) is 12.3. The topological polar surface area (TPSA) is 67.4 Å². The number of hydrogen-bond donors (Lipinski definition) is 2. The predicted octanol–water partition coefficient (Wildman–Crippen LogP) is 2.81. The number of benzene rings is 1. The Morgan fingerprint density at radius 3 is 2.36 bits per heavy atom. The van der Waals surface area contributed by atoms with Crippen LogP contribution >= 0.6 is 11.6 Å². The molecule has 5 nitrogen and oxygen atoms in total. The van der Waals surface area contributed by atoms with Crippen molar-refractivity contribution < 1.29 is 27.5 Å². The van der Waals surface area contributed by atoms with Crippen LogP contribution in [0, 0.1) is 0 Å². The number of carbonyl (C=O) groups excluding carboxylic acids is 2. The Bertz CT molecular complexity index is 520. The number of rotatable bonds is 5. The van der Waals surface area contributed by atoms with E-state index in [0.717, 1.165) is 7.11 Å². The number of alkyl carbamates (subject to hydrolysis) is 1. The highest BCUT2D eigenvalue weighted by atomic mass is 35.5. The molecule has 0 aliphatic heterocycles. The number of alkyl halides is 3. The number of carbonyl (C=O) groups is 2. The number of ether oxygens (including phenoxy) is 1. The van der Waals surface area contributed by atoms with Crippen molar-refractivity contribution in [2.24, 2.45) is 0 Å². The fraction of sp³-hybridized carbons (Fsp3) is 0.385. The molecule has 0 saturated carbocycles. The van der Waals surface area contributed by atoms with Gasteiger partial charge in [-0.2, -0.15) is 13.2 Å². The first-order valence-corrected chi connectivity index (χ1v) is 6.55. The summed E-state index contributed by atoms with van der Waals surface area (Å²) in [5.41, 5.74) is -0.133. The Morgan fingerprint density at radius 2 is 1.86 bits per heavy atom. The van der Waals surface area contributed by atoms with Gasteiger partial charge >= 0.3 is 12.3 Å². The van der Waals surface area contributed by atoms with Crippen molar-refractivity contribution in [3.63, 3.8) is 0 Å². The first-order chi connectivity index (χ1) is 10.2. The highest BCUT2D eigenvalue weighted by Gasteiger charge is 2.41. The first kappa shape index (κ1) is 18.1.